The first-order valence-electron chi connectivity index (χ1n) is 9.66. The Morgan fingerprint density at radius 2 is 1.67 bits per heavy atom. The van der Waals surface area contributed by atoms with Crippen LogP contribution in [0.25, 0.3) is 0 Å². The zero-order chi connectivity index (χ0) is 21.6. The van der Waals surface area contributed by atoms with Crippen LogP contribution in [0.3, 0.4) is 0 Å². The third-order valence-electron chi connectivity index (χ3n) is 5.01. The van der Waals surface area contributed by atoms with Gasteiger partial charge in [0.15, 0.2) is 0 Å². The van der Waals surface area contributed by atoms with E-state index in [0.717, 1.165) is 5.56 Å². The Labute approximate surface area is 176 Å². The molecule has 160 valence electrons. The van der Waals surface area contributed by atoms with Crippen LogP contribution in [0.1, 0.15) is 18.4 Å². The molecule has 3 N–H and O–H groups in total. The number of piperidine rings is 1. The Morgan fingerprint density at radius 1 is 1.03 bits per heavy atom. The number of nitrogens with two attached hydrogens (primary N) is 1. The number of primary sulfonamides is 1. The van der Waals surface area contributed by atoms with Crippen LogP contribution in [0.4, 0.5) is 5.69 Å². The summed E-state index contributed by atoms with van der Waals surface area (Å²) >= 11 is 0. The number of carbonyl (C=O) groups excluding carboxylic acids is 2. The first-order chi connectivity index (χ1) is 14.3. The highest BCUT2D eigenvalue weighted by Gasteiger charge is 2.27. The van der Waals surface area contributed by atoms with E-state index < -0.39 is 10.0 Å². The van der Waals surface area contributed by atoms with Crippen LogP contribution in [-0.4, -0.2) is 44.8 Å². The molecule has 0 spiro atoms. The topological polar surface area (TPSA) is 119 Å². The van der Waals surface area contributed by atoms with Gasteiger partial charge in [-0.3, -0.25) is 9.59 Å². The fourth-order valence-corrected chi connectivity index (χ4v) is 3.80. The quantitative estimate of drug-likeness (QED) is 0.692. The van der Waals surface area contributed by atoms with E-state index >= 15 is 0 Å². The molecule has 1 saturated heterocycles. The molecule has 0 radical (unpaired) electrons. The van der Waals surface area contributed by atoms with Gasteiger partial charge >= 0.3 is 0 Å². The second kappa shape index (κ2) is 9.84. The van der Waals surface area contributed by atoms with Crippen molar-refractivity contribution < 1.29 is 22.7 Å². The lowest BCUT2D eigenvalue weighted by Crippen LogP contribution is -2.42. The molecule has 2 aromatic rings. The number of carbonyl (C=O) groups is 2. The molecule has 0 unspecified atom stereocenters. The van der Waals surface area contributed by atoms with Gasteiger partial charge in [-0.1, -0.05) is 30.3 Å². The Kier molecular flexibility index (Phi) is 7.20. The molecule has 0 aliphatic carbocycles. The number of hydrogen-bond acceptors (Lipinski definition) is 5. The van der Waals surface area contributed by atoms with E-state index in [2.05, 4.69) is 5.32 Å². The van der Waals surface area contributed by atoms with Crippen molar-refractivity contribution in [3.63, 3.8) is 0 Å². The lowest BCUT2D eigenvalue weighted by Gasteiger charge is -2.31. The maximum absolute atomic E-state index is 12.5. The van der Waals surface area contributed by atoms with Gasteiger partial charge in [-0.25, -0.2) is 13.6 Å². The number of nitrogens with one attached hydrogen (secondary N) is 1. The summed E-state index contributed by atoms with van der Waals surface area (Å²) in [6.45, 7) is 1.39. The number of ether oxygens (including phenoxy) is 1. The summed E-state index contributed by atoms with van der Waals surface area (Å²) in [5.74, 6) is -0.439. The van der Waals surface area contributed by atoms with Gasteiger partial charge in [-0.05, 0) is 42.7 Å². The van der Waals surface area contributed by atoms with Crippen molar-refractivity contribution in [3.8, 4) is 0 Å². The predicted molar refractivity (Wildman–Crippen MR) is 112 cm³/mol. The molecular formula is C21H25N3O5S. The van der Waals surface area contributed by atoms with E-state index in [9.17, 15) is 18.0 Å². The van der Waals surface area contributed by atoms with Crippen LogP contribution in [0.15, 0.2) is 59.5 Å². The van der Waals surface area contributed by atoms with E-state index in [1.165, 1.54) is 24.3 Å². The zero-order valence-electron chi connectivity index (χ0n) is 16.5. The van der Waals surface area contributed by atoms with E-state index in [4.69, 9.17) is 9.88 Å². The number of anilines is 1. The van der Waals surface area contributed by atoms with Crippen LogP contribution in [-0.2, 0) is 31.0 Å². The molecule has 30 heavy (non-hydrogen) atoms. The summed E-state index contributed by atoms with van der Waals surface area (Å²) in [7, 11) is -3.77. The molecule has 2 aromatic carbocycles. The number of likely N-dealkylation sites (tertiary alicyclic amines) is 1. The predicted octanol–water partition coefficient (Wildman–Crippen LogP) is 1.73. The molecule has 0 atom stereocenters. The van der Waals surface area contributed by atoms with Gasteiger partial charge in [0.05, 0.1) is 11.5 Å². The second-order valence-electron chi connectivity index (χ2n) is 7.19. The highest BCUT2D eigenvalue weighted by molar-refractivity contribution is 7.89. The lowest BCUT2D eigenvalue weighted by atomic mass is 9.95. The minimum Gasteiger partial charge on any atom is -0.367 e. The van der Waals surface area contributed by atoms with Crippen molar-refractivity contribution in [1.82, 2.24) is 4.90 Å². The Hall–Kier alpha value is -2.75. The molecule has 2 amide bonds. The summed E-state index contributed by atoms with van der Waals surface area (Å²) in [5.41, 5.74) is 1.51. The van der Waals surface area contributed by atoms with Gasteiger partial charge in [0, 0.05) is 24.7 Å². The normalized spacial score (nSPS) is 15.0. The number of sulfonamides is 1. The molecule has 1 aliphatic rings. The fourth-order valence-electron chi connectivity index (χ4n) is 3.29. The smallest absolute Gasteiger partial charge is 0.248 e. The van der Waals surface area contributed by atoms with Crippen molar-refractivity contribution in [1.29, 1.82) is 0 Å². The standard InChI is InChI=1S/C21H25N3O5S/c22-30(27,28)19-8-6-18(7-9-19)23-21(26)17-10-12-24(13-11-17)20(25)15-29-14-16-4-2-1-3-5-16/h1-9,17H,10-15H2,(H,23,26)(H2,22,27,28). The van der Waals surface area contributed by atoms with E-state index in [0.29, 0.717) is 38.2 Å². The summed E-state index contributed by atoms with van der Waals surface area (Å²) < 4.78 is 28.1. The number of amides is 2. The molecule has 8 nitrogen and oxygen atoms in total. The monoisotopic (exact) mass is 431 g/mol. The van der Waals surface area contributed by atoms with Crippen molar-refractivity contribution in [2.45, 2.75) is 24.3 Å². The second-order valence-corrected chi connectivity index (χ2v) is 8.75. The van der Waals surface area contributed by atoms with Crippen LogP contribution in [0.2, 0.25) is 0 Å². The maximum Gasteiger partial charge on any atom is 0.248 e. The average Bonchev–Trinajstić information content (AvgIpc) is 2.74. The first kappa shape index (κ1) is 21.9. The summed E-state index contributed by atoms with van der Waals surface area (Å²) in [5, 5.41) is 7.85. The van der Waals surface area contributed by atoms with Gasteiger partial charge in [0.25, 0.3) is 0 Å². The molecule has 1 fully saturated rings. The fraction of sp³-hybridized carbons (Fsp3) is 0.333. The Morgan fingerprint density at radius 3 is 2.27 bits per heavy atom. The highest BCUT2D eigenvalue weighted by atomic mass is 32.2. The van der Waals surface area contributed by atoms with Crippen molar-refractivity contribution in [2.24, 2.45) is 11.1 Å². The number of nitrogens with zero attached hydrogens (tertiary/aromatic N) is 1. The number of rotatable bonds is 7. The molecule has 3 rings (SSSR count). The van der Waals surface area contributed by atoms with Crippen LogP contribution >= 0.6 is 0 Å². The zero-order valence-corrected chi connectivity index (χ0v) is 17.3. The van der Waals surface area contributed by atoms with Crippen LogP contribution in [0.5, 0.6) is 0 Å². The molecule has 1 aliphatic heterocycles. The Balaban J connectivity index is 1.42. The lowest BCUT2D eigenvalue weighted by molar-refractivity contribution is -0.139. The summed E-state index contributed by atoms with van der Waals surface area (Å²) in [6, 6.07) is 15.3. The third-order valence-corrected chi connectivity index (χ3v) is 5.94. The van der Waals surface area contributed by atoms with Gasteiger partial charge in [-0.15, -0.1) is 0 Å². The SMILES string of the molecule is NS(=O)(=O)c1ccc(NC(=O)C2CCN(C(=O)COCc3ccccc3)CC2)cc1. The van der Waals surface area contributed by atoms with Gasteiger partial charge in [0.1, 0.15) is 6.61 Å². The van der Waals surface area contributed by atoms with E-state index in [-0.39, 0.29) is 29.2 Å². The molecule has 0 bridgehead atoms. The van der Waals surface area contributed by atoms with E-state index in [1.807, 2.05) is 30.3 Å². The highest BCUT2D eigenvalue weighted by Crippen LogP contribution is 2.20. The minimum atomic E-state index is -3.77. The van der Waals surface area contributed by atoms with Gasteiger partial charge in [-0.2, -0.15) is 0 Å². The first-order valence-corrected chi connectivity index (χ1v) is 11.2. The van der Waals surface area contributed by atoms with Crippen molar-refractivity contribution in [3.05, 3.63) is 60.2 Å². The largest absolute Gasteiger partial charge is 0.367 e. The maximum atomic E-state index is 12.5. The summed E-state index contributed by atoms with van der Waals surface area (Å²) in [4.78, 5) is 26.5. The van der Waals surface area contributed by atoms with Gasteiger partial charge < -0.3 is 15.0 Å². The molecule has 0 saturated carbocycles. The number of hydrogen-bond donors (Lipinski definition) is 2. The van der Waals surface area contributed by atoms with Crippen LogP contribution in [0, 0.1) is 5.92 Å². The van der Waals surface area contributed by atoms with Crippen molar-refractivity contribution >= 4 is 27.5 Å². The molecule has 9 heteroatoms. The van der Waals surface area contributed by atoms with E-state index in [1.54, 1.807) is 4.90 Å². The molecular weight excluding hydrogens is 406 g/mol. The summed E-state index contributed by atoms with van der Waals surface area (Å²) in [6.07, 6.45) is 1.12. The minimum absolute atomic E-state index is 0.0122. The third kappa shape index (κ3) is 6.12. The van der Waals surface area contributed by atoms with Crippen molar-refractivity contribution in [2.75, 3.05) is 25.0 Å². The van der Waals surface area contributed by atoms with Crippen LogP contribution < -0.4 is 10.5 Å². The number of benzene rings is 2. The Bertz CT molecular complexity index is 969. The molecule has 1 heterocycles. The van der Waals surface area contributed by atoms with Gasteiger partial charge in [0.2, 0.25) is 21.8 Å². The molecule has 0 aromatic heterocycles. The average molecular weight is 432 g/mol.